The van der Waals surface area contributed by atoms with E-state index < -0.39 is 15.8 Å². The summed E-state index contributed by atoms with van der Waals surface area (Å²) in [5, 5.41) is 8.57. The Hall–Kier alpha value is -2.06. The lowest BCUT2D eigenvalue weighted by Gasteiger charge is -2.34. The summed E-state index contributed by atoms with van der Waals surface area (Å²) in [6, 6.07) is 7.56. The summed E-state index contributed by atoms with van der Waals surface area (Å²) in [4.78, 5) is 1.78. The molecule has 132 valence electrons. The van der Waals surface area contributed by atoms with E-state index in [1.165, 1.54) is 34.1 Å². The van der Waals surface area contributed by atoms with Gasteiger partial charge in [-0.25, -0.2) is 12.8 Å². The van der Waals surface area contributed by atoms with Crippen molar-refractivity contribution < 1.29 is 12.8 Å². The predicted octanol–water partition coefficient (Wildman–Crippen LogP) is 1.62. The maximum absolute atomic E-state index is 13.9. The average Bonchev–Trinajstić information content (AvgIpc) is 3.10. The Balaban J connectivity index is 1.49. The van der Waals surface area contributed by atoms with Gasteiger partial charge in [0.15, 0.2) is 5.82 Å². The van der Waals surface area contributed by atoms with Crippen molar-refractivity contribution >= 4 is 15.8 Å². The number of anilines is 1. The molecule has 0 spiro atoms. The van der Waals surface area contributed by atoms with Crippen molar-refractivity contribution in [2.75, 3.05) is 31.1 Å². The fourth-order valence-electron chi connectivity index (χ4n) is 3.42. The summed E-state index contributed by atoms with van der Waals surface area (Å²) in [7, 11) is -3.81. The first-order chi connectivity index (χ1) is 12.1. The number of fused-ring (bicyclic) bond motifs is 1. The molecule has 4 rings (SSSR count). The summed E-state index contributed by atoms with van der Waals surface area (Å²) in [6.45, 7) is 1.63. The highest BCUT2D eigenvalue weighted by molar-refractivity contribution is 7.89. The first kappa shape index (κ1) is 16.4. The van der Waals surface area contributed by atoms with Gasteiger partial charge in [-0.1, -0.05) is 12.1 Å². The molecule has 1 aliphatic heterocycles. The normalized spacial score (nSPS) is 18.4. The van der Waals surface area contributed by atoms with E-state index in [4.69, 9.17) is 0 Å². The fraction of sp³-hybridized carbons (Fsp3) is 0.412. The first-order valence-corrected chi connectivity index (χ1v) is 9.85. The lowest BCUT2D eigenvalue weighted by Crippen LogP contribution is -2.49. The number of halogens is 1. The SMILES string of the molecule is O=S(=O)(c1ccccc1F)N1CCN(c2cc3c(nn2)CCC3)CC1. The molecular formula is C17H19FN4O2S. The van der Waals surface area contributed by atoms with Crippen LogP contribution in [-0.2, 0) is 22.9 Å². The molecule has 1 fully saturated rings. The third-order valence-electron chi connectivity index (χ3n) is 4.82. The van der Waals surface area contributed by atoms with Crippen molar-refractivity contribution in [2.45, 2.75) is 24.2 Å². The van der Waals surface area contributed by atoms with Gasteiger partial charge in [-0.05, 0) is 43.0 Å². The Labute approximate surface area is 146 Å². The van der Waals surface area contributed by atoms with Crippen LogP contribution in [-0.4, -0.2) is 49.1 Å². The highest BCUT2D eigenvalue weighted by atomic mass is 32.2. The number of nitrogens with zero attached hydrogens (tertiary/aromatic N) is 4. The number of benzene rings is 1. The zero-order chi connectivity index (χ0) is 17.4. The van der Waals surface area contributed by atoms with Gasteiger partial charge in [0, 0.05) is 26.2 Å². The molecule has 25 heavy (non-hydrogen) atoms. The predicted molar refractivity (Wildman–Crippen MR) is 91.4 cm³/mol. The molecule has 2 aromatic rings. The molecule has 0 unspecified atom stereocenters. The van der Waals surface area contributed by atoms with E-state index in [1.54, 1.807) is 0 Å². The van der Waals surface area contributed by atoms with Crippen LogP contribution in [0.25, 0.3) is 0 Å². The molecule has 0 atom stereocenters. The van der Waals surface area contributed by atoms with Gasteiger partial charge in [0.05, 0.1) is 5.69 Å². The van der Waals surface area contributed by atoms with Crippen LogP contribution in [0.5, 0.6) is 0 Å². The highest BCUT2D eigenvalue weighted by Crippen LogP contribution is 2.25. The molecule has 0 radical (unpaired) electrons. The van der Waals surface area contributed by atoms with E-state index in [1.807, 2.05) is 4.90 Å². The molecule has 0 saturated carbocycles. The lowest BCUT2D eigenvalue weighted by atomic mass is 10.2. The van der Waals surface area contributed by atoms with Gasteiger partial charge in [-0.3, -0.25) is 0 Å². The number of hydrogen-bond acceptors (Lipinski definition) is 5. The first-order valence-electron chi connectivity index (χ1n) is 8.41. The van der Waals surface area contributed by atoms with E-state index >= 15 is 0 Å². The Morgan fingerprint density at radius 3 is 2.52 bits per heavy atom. The molecule has 1 saturated heterocycles. The van der Waals surface area contributed by atoms with Gasteiger partial charge in [0.1, 0.15) is 10.7 Å². The second-order valence-electron chi connectivity index (χ2n) is 6.35. The third kappa shape index (κ3) is 3.00. The molecule has 1 aromatic heterocycles. The van der Waals surface area contributed by atoms with Crippen LogP contribution < -0.4 is 4.90 Å². The minimum atomic E-state index is -3.81. The van der Waals surface area contributed by atoms with Crippen molar-refractivity contribution in [1.82, 2.24) is 14.5 Å². The number of hydrogen-bond donors (Lipinski definition) is 0. The Morgan fingerprint density at radius 1 is 1.00 bits per heavy atom. The summed E-state index contributed by atoms with van der Waals surface area (Å²) in [5.74, 6) is 0.0815. The quantitative estimate of drug-likeness (QED) is 0.830. The van der Waals surface area contributed by atoms with Gasteiger partial charge in [0.25, 0.3) is 0 Å². The topological polar surface area (TPSA) is 66.4 Å². The van der Waals surface area contributed by atoms with E-state index in [-0.39, 0.29) is 4.90 Å². The standard InChI is InChI=1S/C17H19FN4O2S/c18-14-5-1-2-7-16(14)25(23,24)22-10-8-21(9-11-22)17-12-13-4-3-6-15(13)19-20-17/h1-2,5,7,12H,3-4,6,8-11H2. The van der Waals surface area contributed by atoms with Crippen molar-refractivity contribution in [3.05, 3.63) is 47.4 Å². The summed E-state index contributed by atoms with van der Waals surface area (Å²) >= 11 is 0. The molecule has 1 aromatic carbocycles. The zero-order valence-corrected chi connectivity index (χ0v) is 14.5. The second-order valence-corrected chi connectivity index (χ2v) is 8.26. The van der Waals surface area contributed by atoms with Gasteiger partial charge in [-0.2, -0.15) is 9.40 Å². The van der Waals surface area contributed by atoms with Gasteiger partial charge >= 0.3 is 0 Å². The van der Waals surface area contributed by atoms with Crippen LogP contribution in [0, 0.1) is 5.82 Å². The van der Waals surface area contributed by atoms with Crippen molar-refractivity contribution in [1.29, 1.82) is 0 Å². The molecule has 1 aliphatic carbocycles. The number of rotatable bonds is 3. The maximum Gasteiger partial charge on any atom is 0.246 e. The second kappa shape index (κ2) is 6.34. The van der Waals surface area contributed by atoms with E-state index in [2.05, 4.69) is 16.3 Å². The van der Waals surface area contributed by atoms with Crippen molar-refractivity contribution in [3.63, 3.8) is 0 Å². The molecule has 6 nitrogen and oxygen atoms in total. The highest BCUT2D eigenvalue weighted by Gasteiger charge is 2.31. The average molecular weight is 362 g/mol. The largest absolute Gasteiger partial charge is 0.352 e. The van der Waals surface area contributed by atoms with Crippen LogP contribution in [0.3, 0.4) is 0 Å². The Morgan fingerprint density at radius 2 is 1.76 bits per heavy atom. The van der Waals surface area contributed by atoms with Crippen molar-refractivity contribution in [3.8, 4) is 0 Å². The number of aryl methyl sites for hydroxylation is 2. The third-order valence-corrected chi connectivity index (χ3v) is 6.76. The van der Waals surface area contributed by atoms with Crippen LogP contribution in [0.2, 0.25) is 0 Å². The Kier molecular flexibility index (Phi) is 4.16. The monoisotopic (exact) mass is 362 g/mol. The van der Waals surface area contributed by atoms with Gasteiger partial charge in [-0.15, -0.1) is 5.10 Å². The maximum atomic E-state index is 13.9. The minimum Gasteiger partial charge on any atom is -0.352 e. The van der Waals surface area contributed by atoms with E-state index in [9.17, 15) is 12.8 Å². The Bertz CT molecular complexity index is 895. The smallest absolute Gasteiger partial charge is 0.246 e. The minimum absolute atomic E-state index is 0.263. The molecule has 0 bridgehead atoms. The van der Waals surface area contributed by atoms with Crippen LogP contribution >= 0.6 is 0 Å². The van der Waals surface area contributed by atoms with Gasteiger partial charge in [0.2, 0.25) is 10.0 Å². The van der Waals surface area contributed by atoms with Crippen molar-refractivity contribution in [2.24, 2.45) is 0 Å². The molecule has 8 heteroatoms. The van der Waals surface area contributed by atoms with Crippen LogP contribution in [0.1, 0.15) is 17.7 Å². The number of aromatic nitrogens is 2. The zero-order valence-electron chi connectivity index (χ0n) is 13.7. The van der Waals surface area contributed by atoms with Crippen LogP contribution in [0.15, 0.2) is 35.2 Å². The number of sulfonamides is 1. The number of piperazine rings is 1. The summed E-state index contributed by atoms with van der Waals surface area (Å²) in [5.41, 5.74) is 2.32. The summed E-state index contributed by atoms with van der Waals surface area (Å²) < 4.78 is 40.5. The molecule has 0 N–H and O–H groups in total. The van der Waals surface area contributed by atoms with E-state index in [0.29, 0.717) is 26.2 Å². The summed E-state index contributed by atoms with van der Waals surface area (Å²) in [6.07, 6.45) is 3.12. The van der Waals surface area contributed by atoms with E-state index in [0.717, 1.165) is 30.8 Å². The fourth-order valence-corrected chi connectivity index (χ4v) is 4.91. The van der Waals surface area contributed by atoms with Gasteiger partial charge < -0.3 is 4.90 Å². The lowest BCUT2D eigenvalue weighted by molar-refractivity contribution is 0.381. The van der Waals surface area contributed by atoms with Crippen LogP contribution in [0.4, 0.5) is 10.2 Å². The molecule has 2 heterocycles. The molecule has 2 aliphatic rings. The molecule has 0 amide bonds. The molecular weight excluding hydrogens is 343 g/mol.